The van der Waals surface area contributed by atoms with Gasteiger partial charge in [0.05, 0.1) is 23.3 Å². The molecule has 1 saturated carbocycles. The number of nitrogens with two attached hydrogens (primary N) is 1. The number of hydrogen-bond acceptors (Lipinski definition) is 5. The van der Waals surface area contributed by atoms with Gasteiger partial charge in [-0.1, -0.05) is 12.8 Å². The molecule has 3 N–H and O–H groups in total. The van der Waals surface area contributed by atoms with Gasteiger partial charge in [0.1, 0.15) is 5.65 Å². The van der Waals surface area contributed by atoms with E-state index in [0.29, 0.717) is 17.3 Å². The number of fused-ring (bicyclic) bond motifs is 1. The number of halogens is 2. The Kier molecular flexibility index (Phi) is 3.57. The number of hydrogen-bond donors (Lipinski definition) is 2. The zero-order chi connectivity index (χ0) is 18.6. The molecule has 1 unspecified atom stereocenters. The highest BCUT2D eigenvalue weighted by Crippen LogP contribution is 2.45. The van der Waals surface area contributed by atoms with Crippen molar-refractivity contribution in [3.8, 4) is 11.3 Å². The maximum Gasteiger partial charge on any atom is 0.267 e. The number of alkyl halides is 2. The Hall–Kier alpha value is -2.77. The van der Waals surface area contributed by atoms with Crippen LogP contribution >= 0.6 is 0 Å². The molecule has 0 amide bonds. The van der Waals surface area contributed by atoms with Crippen LogP contribution in [-0.2, 0) is 0 Å². The van der Waals surface area contributed by atoms with Gasteiger partial charge in [0.25, 0.3) is 5.92 Å². The van der Waals surface area contributed by atoms with E-state index in [9.17, 15) is 8.78 Å². The number of rotatable bonds is 4. The maximum atomic E-state index is 14.3. The summed E-state index contributed by atoms with van der Waals surface area (Å²) < 4.78 is 28.6. The molecule has 1 saturated heterocycles. The number of aromatic amines is 1. The van der Waals surface area contributed by atoms with Gasteiger partial charge in [-0.05, 0) is 24.5 Å². The molecule has 0 bridgehead atoms. The highest BCUT2D eigenvalue weighted by molar-refractivity contribution is 6.02. The maximum absolute atomic E-state index is 14.3. The molecule has 5 rings (SSSR count). The Morgan fingerprint density at radius 2 is 2.04 bits per heavy atom. The fourth-order valence-corrected chi connectivity index (χ4v) is 4.13. The molecule has 2 aliphatic rings. The van der Waals surface area contributed by atoms with Gasteiger partial charge in [-0.3, -0.25) is 0 Å². The molecule has 0 spiro atoms. The van der Waals surface area contributed by atoms with Crippen molar-refractivity contribution in [2.24, 2.45) is 5.92 Å². The van der Waals surface area contributed by atoms with Crippen molar-refractivity contribution in [2.75, 3.05) is 17.2 Å². The Bertz CT molecular complexity index is 997. The Labute approximate surface area is 154 Å². The zero-order valence-electron chi connectivity index (χ0n) is 14.7. The molecule has 0 radical (unpaired) electrons. The van der Waals surface area contributed by atoms with Crippen LogP contribution in [0.15, 0.2) is 30.7 Å². The minimum Gasteiger partial charge on any atom is -0.368 e. The molecule has 2 fully saturated rings. The third-order valence-electron chi connectivity index (χ3n) is 5.49. The van der Waals surface area contributed by atoms with E-state index >= 15 is 0 Å². The summed E-state index contributed by atoms with van der Waals surface area (Å²) in [6.07, 6.45) is 8.08. The molecular formula is C19H20F2N6. The van der Waals surface area contributed by atoms with E-state index < -0.39 is 5.92 Å². The lowest BCUT2D eigenvalue weighted by Crippen LogP contribution is -2.31. The molecule has 27 heavy (non-hydrogen) atoms. The van der Waals surface area contributed by atoms with E-state index in [1.165, 1.54) is 0 Å². The highest BCUT2D eigenvalue weighted by Gasteiger charge is 2.47. The van der Waals surface area contributed by atoms with E-state index in [0.717, 1.165) is 35.9 Å². The largest absolute Gasteiger partial charge is 0.368 e. The summed E-state index contributed by atoms with van der Waals surface area (Å²) in [7, 11) is 0. The summed E-state index contributed by atoms with van der Waals surface area (Å²) in [6.45, 7) is -0.264. The Balaban J connectivity index is 1.63. The minimum absolute atomic E-state index is 0.0898. The molecule has 140 valence electrons. The number of aromatic nitrogens is 4. The Morgan fingerprint density at radius 1 is 1.22 bits per heavy atom. The molecule has 1 aliphatic heterocycles. The van der Waals surface area contributed by atoms with E-state index in [1.807, 2.05) is 11.0 Å². The lowest BCUT2D eigenvalue weighted by Gasteiger charge is -2.27. The van der Waals surface area contributed by atoms with Gasteiger partial charge in [-0.15, -0.1) is 0 Å². The van der Waals surface area contributed by atoms with Crippen LogP contribution in [0.4, 0.5) is 20.4 Å². The van der Waals surface area contributed by atoms with Crippen LogP contribution in [0.1, 0.15) is 25.7 Å². The molecule has 8 heteroatoms. The average molecular weight is 370 g/mol. The van der Waals surface area contributed by atoms with Gasteiger partial charge in [-0.25, -0.2) is 23.7 Å². The minimum atomic E-state index is -2.68. The third-order valence-corrected chi connectivity index (χ3v) is 5.49. The first-order valence-electron chi connectivity index (χ1n) is 9.20. The van der Waals surface area contributed by atoms with E-state index in [1.54, 1.807) is 24.7 Å². The van der Waals surface area contributed by atoms with Crippen molar-refractivity contribution in [3.63, 3.8) is 0 Å². The molecule has 4 heterocycles. The normalized spacial score (nSPS) is 21.9. The number of pyridine rings is 1. The van der Waals surface area contributed by atoms with Crippen molar-refractivity contribution in [2.45, 2.75) is 37.6 Å². The first-order chi connectivity index (χ1) is 13.0. The molecule has 3 aromatic heterocycles. The van der Waals surface area contributed by atoms with Gasteiger partial charge >= 0.3 is 0 Å². The topological polar surface area (TPSA) is 83.7 Å². The molecule has 0 aromatic carbocycles. The second-order valence-electron chi connectivity index (χ2n) is 7.58. The van der Waals surface area contributed by atoms with Gasteiger partial charge < -0.3 is 15.6 Å². The number of nitrogen functional groups attached to an aromatic ring is 1. The SMILES string of the molecule is Nc1nccc(-c2c[nH]c3nccc(N4CC(F)(F)CC4CC4CC4)c23)n1. The predicted molar refractivity (Wildman–Crippen MR) is 99.6 cm³/mol. The van der Waals surface area contributed by atoms with Gasteiger partial charge in [0, 0.05) is 36.6 Å². The van der Waals surface area contributed by atoms with Crippen LogP contribution in [0, 0.1) is 5.92 Å². The molecule has 1 aliphatic carbocycles. The second-order valence-corrected chi connectivity index (χ2v) is 7.58. The molecule has 6 nitrogen and oxygen atoms in total. The lowest BCUT2D eigenvalue weighted by molar-refractivity contribution is 0.0219. The van der Waals surface area contributed by atoms with Crippen molar-refractivity contribution in [1.29, 1.82) is 0 Å². The van der Waals surface area contributed by atoms with E-state index in [4.69, 9.17) is 5.73 Å². The van der Waals surface area contributed by atoms with Crippen LogP contribution in [0.3, 0.4) is 0 Å². The van der Waals surface area contributed by atoms with Gasteiger partial charge in [-0.2, -0.15) is 0 Å². The fourth-order valence-electron chi connectivity index (χ4n) is 4.13. The number of anilines is 2. The van der Waals surface area contributed by atoms with Crippen LogP contribution in [0.25, 0.3) is 22.3 Å². The fraction of sp³-hybridized carbons (Fsp3) is 0.421. The lowest BCUT2D eigenvalue weighted by atomic mass is 10.1. The summed E-state index contributed by atoms with van der Waals surface area (Å²) >= 11 is 0. The molecule has 1 atom stereocenters. The van der Waals surface area contributed by atoms with Gasteiger partial charge in [0.15, 0.2) is 0 Å². The quantitative estimate of drug-likeness (QED) is 0.733. The van der Waals surface area contributed by atoms with E-state index in [-0.39, 0.29) is 25.0 Å². The van der Waals surface area contributed by atoms with E-state index in [2.05, 4.69) is 19.9 Å². The summed E-state index contributed by atoms with van der Waals surface area (Å²) in [6, 6.07) is 3.43. The van der Waals surface area contributed by atoms with Crippen LogP contribution in [0.5, 0.6) is 0 Å². The smallest absolute Gasteiger partial charge is 0.267 e. The highest BCUT2D eigenvalue weighted by atomic mass is 19.3. The first kappa shape index (κ1) is 16.4. The van der Waals surface area contributed by atoms with Crippen LogP contribution < -0.4 is 10.6 Å². The van der Waals surface area contributed by atoms with Crippen LogP contribution in [0.2, 0.25) is 0 Å². The third kappa shape index (κ3) is 2.98. The Morgan fingerprint density at radius 3 is 2.81 bits per heavy atom. The zero-order valence-corrected chi connectivity index (χ0v) is 14.7. The van der Waals surface area contributed by atoms with Crippen molar-refractivity contribution in [1.82, 2.24) is 19.9 Å². The average Bonchev–Trinajstić information content (AvgIpc) is 3.24. The summed E-state index contributed by atoms with van der Waals surface area (Å²) in [5.41, 5.74) is 8.60. The summed E-state index contributed by atoms with van der Waals surface area (Å²) in [5.74, 6) is -1.92. The van der Waals surface area contributed by atoms with Crippen molar-refractivity contribution < 1.29 is 8.78 Å². The standard InChI is InChI=1S/C19H20F2N6/c20-19(21)8-12(7-11-1-2-11)27(10-19)15-4-6-23-17-16(15)13(9-25-17)14-3-5-24-18(22)26-14/h3-6,9,11-12H,1-2,7-8,10H2,(H,23,25)(H2,22,24,26). The second kappa shape index (κ2) is 5.87. The first-order valence-corrected chi connectivity index (χ1v) is 9.20. The summed E-state index contributed by atoms with van der Waals surface area (Å²) in [4.78, 5) is 17.6. The monoisotopic (exact) mass is 370 g/mol. The number of nitrogens with one attached hydrogen (secondary N) is 1. The summed E-state index contributed by atoms with van der Waals surface area (Å²) in [5, 5.41) is 0.800. The number of nitrogens with zero attached hydrogens (tertiary/aromatic N) is 4. The van der Waals surface area contributed by atoms with Crippen molar-refractivity contribution in [3.05, 3.63) is 30.7 Å². The van der Waals surface area contributed by atoms with Crippen molar-refractivity contribution >= 4 is 22.7 Å². The molecule has 3 aromatic rings. The molecular weight excluding hydrogens is 350 g/mol. The van der Waals surface area contributed by atoms with Crippen LogP contribution in [-0.4, -0.2) is 38.4 Å². The van der Waals surface area contributed by atoms with Gasteiger partial charge in [0.2, 0.25) is 5.95 Å². The number of H-pyrrole nitrogens is 1. The predicted octanol–water partition coefficient (Wildman–Crippen LogP) is 3.62.